The second-order valence-electron chi connectivity index (χ2n) is 6.94. The molecule has 0 N–H and O–H groups in total. The molecular weight excluding hydrogens is 380 g/mol. The Bertz CT molecular complexity index is 921. The zero-order chi connectivity index (χ0) is 22.1. The summed E-state index contributed by atoms with van der Waals surface area (Å²) in [6.07, 6.45) is 7.64. The summed E-state index contributed by atoms with van der Waals surface area (Å²) >= 11 is 0. The Labute approximate surface area is 177 Å². The van der Waals surface area contributed by atoms with Gasteiger partial charge in [-0.25, -0.2) is 0 Å². The lowest BCUT2D eigenvalue weighted by Gasteiger charge is -2.08. The number of benzene rings is 2. The van der Waals surface area contributed by atoms with Gasteiger partial charge in [0.25, 0.3) is 0 Å². The van der Waals surface area contributed by atoms with Crippen molar-refractivity contribution < 1.29 is 23.9 Å². The van der Waals surface area contributed by atoms with Crippen LogP contribution in [0.2, 0.25) is 0 Å². The molecular formula is C25H28O5. The Morgan fingerprint density at radius 3 is 1.87 bits per heavy atom. The van der Waals surface area contributed by atoms with E-state index < -0.39 is 5.92 Å². The molecule has 0 spiro atoms. The number of carbonyl (C=O) groups is 4. The smallest absolute Gasteiger partial charge is 0.174 e. The maximum atomic E-state index is 12.3. The molecule has 5 heteroatoms. The van der Waals surface area contributed by atoms with Gasteiger partial charge in [-0.3, -0.25) is 19.2 Å². The third-order valence-corrected chi connectivity index (χ3v) is 5.11. The first-order chi connectivity index (χ1) is 14.6. The molecule has 158 valence electrons. The van der Waals surface area contributed by atoms with Crippen LogP contribution in [0.3, 0.4) is 0 Å². The van der Waals surface area contributed by atoms with Crippen molar-refractivity contribution in [2.75, 3.05) is 0 Å². The van der Waals surface area contributed by atoms with E-state index in [0.29, 0.717) is 41.6 Å². The van der Waals surface area contributed by atoms with E-state index in [1.807, 2.05) is 13.8 Å². The van der Waals surface area contributed by atoms with Gasteiger partial charge in [0.15, 0.2) is 24.1 Å². The Kier molecular flexibility index (Phi) is 8.66. The summed E-state index contributed by atoms with van der Waals surface area (Å²) in [5.41, 5.74) is 1.28. The number of ketones is 2. The van der Waals surface area contributed by atoms with Crippen molar-refractivity contribution in [2.45, 2.75) is 52.9 Å². The van der Waals surface area contributed by atoms with Gasteiger partial charge >= 0.3 is 0 Å². The van der Waals surface area contributed by atoms with Gasteiger partial charge in [-0.1, -0.05) is 46.5 Å². The number of aldehydes is 2. The molecule has 1 fully saturated rings. The molecule has 1 saturated carbocycles. The standard InChI is InChI=1S/C19H14O5.C4H8.C2H6/c1-2-15-18(22)16-6-5-14(8-17(16)19(15)23)24-13-4-3-11(9-20)12(7-13)10-21;1-2-4-3-1;1-2/h3-10,15H,2H2,1H3;1-4H2;1-2H3. The van der Waals surface area contributed by atoms with Crippen LogP contribution in [-0.2, 0) is 0 Å². The largest absolute Gasteiger partial charge is 0.457 e. The molecule has 0 radical (unpaired) electrons. The SMILES string of the molecule is C1CCC1.CC.CCC1C(=O)c2ccc(Oc3ccc(C=O)c(C=O)c3)cc2C1=O. The minimum Gasteiger partial charge on any atom is -0.457 e. The van der Waals surface area contributed by atoms with Gasteiger partial charge in [0.05, 0.1) is 5.92 Å². The molecule has 0 bridgehead atoms. The number of rotatable bonds is 5. The summed E-state index contributed by atoms with van der Waals surface area (Å²) in [5.74, 6) is -0.187. The van der Waals surface area contributed by atoms with Gasteiger partial charge in [-0.15, -0.1) is 0 Å². The van der Waals surface area contributed by atoms with E-state index in [-0.39, 0.29) is 22.7 Å². The summed E-state index contributed by atoms with van der Waals surface area (Å²) in [4.78, 5) is 46.2. The lowest BCUT2D eigenvalue weighted by atomic mass is 10.0. The molecule has 0 amide bonds. The number of hydrogen-bond donors (Lipinski definition) is 0. The molecule has 0 saturated heterocycles. The van der Waals surface area contributed by atoms with Crippen molar-refractivity contribution in [2.24, 2.45) is 5.92 Å². The molecule has 2 aliphatic carbocycles. The maximum Gasteiger partial charge on any atom is 0.174 e. The van der Waals surface area contributed by atoms with E-state index in [0.717, 1.165) is 0 Å². The van der Waals surface area contributed by atoms with Gasteiger partial charge in [0, 0.05) is 22.3 Å². The molecule has 0 heterocycles. The number of fused-ring (bicyclic) bond motifs is 1. The van der Waals surface area contributed by atoms with Crippen LogP contribution in [0.4, 0.5) is 0 Å². The summed E-state index contributed by atoms with van der Waals surface area (Å²) in [7, 11) is 0. The number of carbonyl (C=O) groups excluding carboxylic acids is 4. The average Bonchev–Trinajstić information content (AvgIpc) is 2.97. The minimum atomic E-state index is -0.608. The number of Topliss-reactive ketones (excluding diaryl/α,β-unsaturated/α-hetero) is 2. The zero-order valence-electron chi connectivity index (χ0n) is 17.8. The van der Waals surface area contributed by atoms with Crippen LogP contribution >= 0.6 is 0 Å². The number of ether oxygens (including phenoxy) is 1. The molecule has 4 rings (SSSR count). The van der Waals surface area contributed by atoms with Crippen molar-refractivity contribution in [1.29, 1.82) is 0 Å². The van der Waals surface area contributed by atoms with Crippen LogP contribution in [0.5, 0.6) is 11.5 Å². The lowest BCUT2D eigenvalue weighted by molar-refractivity contribution is 0.0834. The predicted octanol–water partition coefficient (Wildman–Crippen LogP) is 6.10. The minimum absolute atomic E-state index is 0.150. The average molecular weight is 408 g/mol. The maximum absolute atomic E-state index is 12.3. The van der Waals surface area contributed by atoms with Crippen molar-refractivity contribution in [3.63, 3.8) is 0 Å². The lowest BCUT2D eigenvalue weighted by Crippen LogP contribution is -2.13. The molecule has 2 aromatic rings. The fraction of sp³-hybridized carbons (Fsp3) is 0.360. The van der Waals surface area contributed by atoms with Crippen molar-refractivity contribution in [3.05, 3.63) is 58.7 Å². The molecule has 5 nitrogen and oxygen atoms in total. The predicted molar refractivity (Wildman–Crippen MR) is 116 cm³/mol. The zero-order valence-corrected chi connectivity index (χ0v) is 17.8. The van der Waals surface area contributed by atoms with E-state index in [2.05, 4.69) is 0 Å². The van der Waals surface area contributed by atoms with E-state index in [1.54, 1.807) is 31.2 Å². The van der Waals surface area contributed by atoms with Crippen molar-refractivity contribution in [1.82, 2.24) is 0 Å². The quantitative estimate of drug-likeness (QED) is 0.441. The van der Waals surface area contributed by atoms with Crippen molar-refractivity contribution in [3.8, 4) is 11.5 Å². The molecule has 1 atom stereocenters. The fourth-order valence-electron chi connectivity index (χ4n) is 3.08. The first-order valence-electron chi connectivity index (χ1n) is 10.5. The summed E-state index contributed by atoms with van der Waals surface area (Å²) in [6.45, 7) is 5.80. The second kappa shape index (κ2) is 11.2. The van der Waals surface area contributed by atoms with Crippen LogP contribution in [0.1, 0.15) is 94.3 Å². The monoisotopic (exact) mass is 408 g/mol. The van der Waals surface area contributed by atoms with Gasteiger partial charge in [-0.2, -0.15) is 0 Å². The van der Waals surface area contributed by atoms with E-state index in [4.69, 9.17) is 4.74 Å². The molecule has 1 unspecified atom stereocenters. The molecule has 30 heavy (non-hydrogen) atoms. The molecule has 0 aliphatic heterocycles. The fourth-order valence-corrected chi connectivity index (χ4v) is 3.08. The molecule has 2 aliphatic rings. The first kappa shape index (κ1) is 23.2. The summed E-state index contributed by atoms with van der Waals surface area (Å²) in [6, 6.07) is 9.23. The molecule has 0 aromatic heterocycles. The van der Waals surface area contributed by atoms with Crippen LogP contribution in [-0.4, -0.2) is 24.1 Å². The van der Waals surface area contributed by atoms with Crippen LogP contribution in [0.25, 0.3) is 0 Å². The Morgan fingerprint density at radius 1 is 0.800 bits per heavy atom. The van der Waals surface area contributed by atoms with Gasteiger partial charge in [-0.05, 0) is 42.8 Å². The van der Waals surface area contributed by atoms with Crippen LogP contribution in [0.15, 0.2) is 36.4 Å². The van der Waals surface area contributed by atoms with Gasteiger partial charge in [0.2, 0.25) is 0 Å². The van der Waals surface area contributed by atoms with E-state index in [1.165, 1.54) is 37.8 Å². The van der Waals surface area contributed by atoms with Gasteiger partial charge < -0.3 is 4.74 Å². The normalized spacial score (nSPS) is 16.2. The molecule has 2 aromatic carbocycles. The van der Waals surface area contributed by atoms with E-state index >= 15 is 0 Å². The number of hydrogen-bond acceptors (Lipinski definition) is 5. The highest BCUT2D eigenvalue weighted by atomic mass is 16.5. The van der Waals surface area contributed by atoms with Crippen LogP contribution < -0.4 is 4.74 Å². The Balaban J connectivity index is 0.000000467. The third-order valence-electron chi connectivity index (χ3n) is 5.11. The highest BCUT2D eigenvalue weighted by molar-refractivity contribution is 6.26. The Hall–Kier alpha value is -3.08. The first-order valence-corrected chi connectivity index (χ1v) is 10.5. The third kappa shape index (κ3) is 5.09. The highest BCUT2D eigenvalue weighted by Gasteiger charge is 2.37. The Morgan fingerprint density at radius 2 is 1.33 bits per heavy atom. The van der Waals surface area contributed by atoms with E-state index in [9.17, 15) is 19.2 Å². The summed E-state index contributed by atoms with van der Waals surface area (Å²) < 4.78 is 5.66. The topological polar surface area (TPSA) is 77.5 Å². The van der Waals surface area contributed by atoms with Crippen molar-refractivity contribution >= 4 is 24.1 Å². The summed E-state index contributed by atoms with van der Waals surface area (Å²) in [5, 5.41) is 0. The van der Waals surface area contributed by atoms with Gasteiger partial charge in [0.1, 0.15) is 11.5 Å². The second-order valence-corrected chi connectivity index (χ2v) is 6.94. The highest BCUT2D eigenvalue weighted by Crippen LogP contribution is 2.33. The van der Waals surface area contributed by atoms with Crippen LogP contribution in [0, 0.1) is 5.92 Å².